The van der Waals surface area contributed by atoms with E-state index < -0.39 is 5.97 Å². The molecule has 98 valence electrons. The van der Waals surface area contributed by atoms with Gasteiger partial charge in [-0.15, -0.1) is 0 Å². The van der Waals surface area contributed by atoms with Crippen molar-refractivity contribution in [2.75, 3.05) is 17.7 Å². The Morgan fingerprint density at radius 1 is 1.42 bits per heavy atom. The fourth-order valence-electron chi connectivity index (χ4n) is 1.84. The minimum absolute atomic E-state index is 0.124. The Labute approximate surface area is 111 Å². The molecule has 1 aromatic carbocycles. The SMILES string of the molecule is CN(Cc1cccnc1)c1ccc(C(=O)O)c(N)c1. The first kappa shape index (κ1) is 12.9. The molecule has 0 unspecified atom stereocenters. The molecule has 0 spiro atoms. The highest BCUT2D eigenvalue weighted by molar-refractivity contribution is 5.94. The van der Waals surface area contributed by atoms with Gasteiger partial charge in [-0.25, -0.2) is 4.79 Å². The van der Waals surface area contributed by atoms with E-state index in [1.165, 1.54) is 6.07 Å². The van der Waals surface area contributed by atoms with Crippen LogP contribution in [-0.4, -0.2) is 23.1 Å². The van der Waals surface area contributed by atoms with Crippen LogP contribution in [0.1, 0.15) is 15.9 Å². The molecule has 2 rings (SSSR count). The van der Waals surface area contributed by atoms with Gasteiger partial charge in [0.05, 0.1) is 5.56 Å². The van der Waals surface area contributed by atoms with E-state index in [0.29, 0.717) is 6.54 Å². The van der Waals surface area contributed by atoms with Crippen LogP contribution in [0, 0.1) is 0 Å². The van der Waals surface area contributed by atoms with Crippen LogP contribution in [0.15, 0.2) is 42.7 Å². The average molecular weight is 257 g/mol. The smallest absolute Gasteiger partial charge is 0.337 e. The minimum atomic E-state index is -1.01. The molecule has 0 bridgehead atoms. The van der Waals surface area contributed by atoms with E-state index in [0.717, 1.165) is 11.3 Å². The van der Waals surface area contributed by atoms with E-state index in [4.69, 9.17) is 10.8 Å². The number of nitrogen functional groups attached to an aromatic ring is 1. The van der Waals surface area contributed by atoms with Crippen molar-refractivity contribution in [2.45, 2.75) is 6.54 Å². The molecule has 5 heteroatoms. The number of hydrogen-bond acceptors (Lipinski definition) is 4. The predicted molar refractivity (Wildman–Crippen MR) is 74.2 cm³/mol. The summed E-state index contributed by atoms with van der Waals surface area (Å²) < 4.78 is 0. The molecule has 2 aromatic rings. The number of nitrogens with zero attached hydrogens (tertiary/aromatic N) is 2. The van der Waals surface area contributed by atoms with Crippen molar-refractivity contribution in [3.63, 3.8) is 0 Å². The van der Waals surface area contributed by atoms with Crippen LogP contribution in [0.5, 0.6) is 0 Å². The first-order valence-corrected chi connectivity index (χ1v) is 5.81. The first-order chi connectivity index (χ1) is 9.08. The molecule has 0 atom stereocenters. The summed E-state index contributed by atoms with van der Waals surface area (Å²) in [6.45, 7) is 0.680. The van der Waals surface area contributed by atoms with Crippen molar-refractivity contribution in [1.82, 2.24) is 4.98 Å². The van der Waals surface area contributed by atoms with Crippen molar-refractivity contribution in [1.29, 1.82) is 0 Å². The van der Waals surface area contributed by atoms with Crippen molar-refractivity contribution < 1.29 is 9.90 Å². The summed E-state index contributed by atoms with van der Waals surface area (Å²) in [5, 5.41) is 8.93. The number of rotatable bonds is 4. The highest BCUT2D eigenvalue weighted by Crippen LogP contribution is 2.21. The zero-order chi connectivity index (χ0) is 13.8. The summed E-state index contributed by atoms with van der Waals surface area (Å²) in [5.41, 5.74) is 8.07. The van der Waals surface area contributed by atoms with Crippen molar-refractivity contribution >= 4 is 17.3 Å². The summed E-state index contributed by atoms with van der Waals surface area (Å²) in [6, 6.07) is 8.80. The number of carboxylic acids is 1. The Kier molecular flexibility index (Phi) is 3.66. The molecule has 5 nitrogen and oxygen atoms in total. The second kappa shape index (κ2) is 5.39. The van der Waals surface area contributed by atoms with Gasteiger partial charge in [-0.1, -0.05) is 6.07 Å². The molecule has 1 aromatic heterocycles. The molecule has 1 heterocycles. The van der Waals surface area contributed by atoms with Crippen LogP contribution >= 0.6 is 0 Å². The lowest BCUT2D eigenvalue weighted by Crippen LogP contribution is -2.17. The fourth-order valence-corrected chi connectivity index (χ4v) is 1.84. The van der Waals surface area contributed by atoms with Gasteiger partial charge >= 0.3 is 5.97 Å². The van der Waals surface area contributed by atoms with Gasteiger partial charge < -0.3 is 15.7 Å². The maximum absolute atomic E-state index is 10.9. The lowest BCUT2D eigenvalue weighted by molar-refractivity contribution is 0.0698. The lowest BCUT2D eigenvalue weighted by atomic mass is 10.1. The van der Waals surface area contributed by atoms with Crippen LogP contribution in [0.3, 0.4) is 0 Å². The molecule has 0 saturated heterocycles. The lowest BCUT2D eigenvalue weighted by Gasteiger charge is -2.20. The standard InChI is InChI=1S/C14H15N3O2/c1-17(9-10-3-2-6-16-8-10)11-4-5-12(14(18)19)13(15)7-11/h2-8H,9,15H2,1H3,(H,18,19). The highest BCUT2D eigenvalue weighted by atomic mass is 16.4. The second-order valence-electron chi connectivity index (χ2n) is 4.29. The molecule has 19 heavy (non-hydrogen) atoms. The summed E-state index contributed by atoms with van der Waals surface area (Å²) >= 11 is 0. The number of benzene rings is 1. The third-order valence-corrected chi connectivity index (χ3v) is 2.85. The number of nitrogens with two attached hydrogens (primary N) is 1. The Morgan fingerprint density at radius 3 is 2.79 bits per heavy atom. The number of aromatic carboxylic acids is 1. The summed E-state index contributed by atoms with van der Waals surface area (Å²) in [6.07, 6.45) is 3.52. The first-order valence-electron chi connectivity index (χ1n) is 5.81. The Bertz CT molecular complexity index is 584. The maximum atomic E-state index is 10.9. The number of anilines is 2. The second-order valence-corrected chi connectivity index (χ2v) is 4.29. The van der Waals surface area contributed by atoms with Crippen LogP contribution in [0.4, 0.5) is 11.4 Å². The Hall–Kier alpha value is -2.56. The van der Waals surface area contributed by atoms with Crippen LogP contribution < -0.4 is 10.6 Å². The summed E-state index contributed by atoms with van der Waals surface area (Å²) in [5.74, 6) is -1.01. The van der Waals surface area contributed by atoms with Crippen molar-refractivity contribution in [3.05, 3.63) is 53.9 Å². The molecular weight excluding hydrogens is 242 g/mol. The molecule has 0 radical (unpaired) electrons. The topological polar surface area (TPSA) is 79.5 Å². The van der Waals surface area contributed by atoms with Gasteiger partial charge in [0.25, 0.3) is 0 Å². The molecule has 0 amide bonds. The predicted octanol–water partition coefficient (Wildman–Crippen LogP) is 2.00. The molecule has 3 N–H and O–H groups in total. The summed E-state index contributed by atoms with van der Waals surface area (Å²) in [7, 11) is 1.92. The number of aromatic nitrogens is 1. The van der Waals surface area contributed by atoms with Crippen molar-refractivity contribution in [3.8, 4) is 0 Å². The molecule has 0 fully saturated rings. The van der Waals surface area contributed by atoms with Crippen LogP contribution in [0.2, 0.25) is 0 Å². The molecule has 0 aliphatic rings. The van der Waals surface area contributed by atoms with Gasteiger partial charge in [0.15, 0.2) is 0 Å². The number of carbonyl (C=O) groups is 1. The van der Waals surface area contributed by atoms with E-state index in [1.807, 2.05) is 24.1 Å². The molecule has 0 aliphatic carbocycles. The van der Waals surface area contributed by atoms with E-state index in [1.54, 1.807) is 24.5 Å². The van der Waals surface area contributed by atoms with E-state index in [-0.39, 0.29) is 11.3 Å². The molecule has 0 aliphatic heterocycles. The Balaban J connectivity index is 2.18. The average Bonchev–Trinajstić information content (AvgIpc) is 2.39. The zero-order valence-electron chi connectivity index (χ0n) is 10.6. The zero-order valence-corrected chi connectivity index (χ0v) is 10.6. The number of carboxylic acid groups (broad SMARTS) is 1. The van der Waals surface area contributed by atoms with E-state index in [9.17, 15) is 4.79 Å². The quantitative estimate of drug-likeness (QED) is 0.819. The number of pyridine rings is 1. The number of hydrogen-bond donors (Lipinski definition) is 2. The van der Waals surface area contributed by atoms with Gasteiger partial charge in [-0.2, -0.15) is 0 Å². The fraction of sp³-hybridized carbons (Fsp3) is 0.143. The van der Waals surface area contributed by atoms with Gasteiger partial charge in [-0.05, 0) is 29.8 Å². The third kappa shape index (κ3) is 3.01. The van der Waals surface area contributed by atoms with Gasteiger partial charge in [0.1, 0.15) is 0 Å². The van der Waals surface area contributed by atoms with Crippen molar-refractivity contribution in [2.24, 2.45) is 0 Å². The monoisotopic (exact) mass is 257 g/mol. The molecular formula is C14H15N3O2. The third-order valence-electron chi connectivity index (χ3n) is 2.85. The minimum Gasteiger partial charge on any atom is -0.478 e. The maximum Gasteiger partial charge on any atom is 0.337 e. The Morgan fingerprint density at radius 2 is 2.21 bits per heavy atom. The molecule has 0 saturated carbocycles. The largest absolute Gasteiger partial charge is 0.478 e. The van der Waals surface area contributed by atoms with E-state index >= 15 is 0 Å². The van der Waals surface area contributed by atoms with Crippen LogP contribution in [0.25, 0.3) is 0 Å². The van der Waals surface area contributed by atoms with E-state index in [2.05, 4.69) is 4.98 Å². The van der Waals surface area contributed by atoms with Gasteiger partial charge in [-0.3, -0.25) is 4.98 Å². The van der Waals surface area contributed by atoms with Gasteiger partial charge in [0, 0.05) is 37.4 Å². The highest BCUT2D eigenvalue weighted by Gasteiger charge is 2.10. The van der Waals surface area contributed by atoms with Gasteiger partial charge in [0.2, 0.25) is 0 Å². The normalized spacial score (nSPS) is 10.2. The van der Waals surface area contributed by atoms with Crippen LogP contribution in [-0.2, 0) is 6.54 Å². The summed E-state index contributed by atoms with van der Waals surface area (Å²) in [4.78, 5) is 16.9.